The van der Waals surface area contributed by atoms with Crippen LogP contribution in [0.25, 0.3) is 0 Å². The largest absolute Gasteiger partial charge is 0.480 e. The zero-order valence-corrected chi connectivity index (χ0v) is 14.3. The Hall–Kier alpha value is -2.10. The van der Waals surface area contributed by atoms with Gasteiger partial charge in [-0.1, -0.05) is 19.1 Å². The van der Waals surface area contributed by atoms with Crippen LogP contribution in [0.4, 0.5) is 0 Å². The number of nitriles is 1. The summed E-state index contributed by atoms with van der Waals surface area (Å²) in [7, 11) is 0. The summed E-state index contributed by atoms with van der Waals surface area (Å²) in [6.45, 7) is 7.09. The van der Waals surface area contributed by atoms with Crippen molar-refractivity contribution in [1.82, 2.24) is 9.80 Å². The summed E-state index contributed by atoms with van der Waals surface area (Å²) in [5.41, 5.74) is 0.426. The van der Waals surface area contributed by atoms with E-state index in [2.05, 4.69) is 11.0 Å². The number of carbonyl (C=O) groups is 1. The molecule has 0 unspecified atom stereocenters. The topological polar surface area (TPSA) is 76.8 Å². The highest BCUT2D eigenvalue weighted by Gasteiger charge is 2.27. The average molecular weight is 331 g/mol. The predicted octanol–water partition coefficient (Wildman–Crippen LogP) is 1.24. The summed E-state index contributed by atoms with van der Waals surface area (Å²) in [6.07, 6.45) is -0.202. The fourth-order valence-corrected chi connectivity index (χ4v) is 2.74. The Balaban J connectivity index is 1.87. The lowest BCUT2D eigenvalue weighted by Gasteiger charge is -2.36. The van der Waals surface area contributed by atoms with Crippen LogP contribution >= 0.6 is 0 Å². The third kappa shape index (κ3) is 4.70. The van der Waals surface area contributed by atoms with Crippen molar-refractivity contribution in [3.8, 4) is 11.8 Å². The molecule has 2 atom stereocenters. The van der Waals surface area contributed by atoms with Gasteiger partial charge in [-0.3, -0.25) is 9.69 Å². The Labute approximate surface area is 143 Å². The summed E-state index contributed by atoms with van der Waals surface area (Å²) in [6, 6.07) is 8.99. The van der Waals surface area contributed by atoms with E-state index in [1.165, 1.54) is 0 Å². The number of para-hydroxylation sites is 1. The monoisotopic (exact) mass is 331 g/mol. The Morgan fingerprint density at radius 2 is 2.00 bits per heavy atom. The molecule has 0 saturated carbocycles. The standard InChI is InChI=1S/C18H25N3O3/c1-3-16(22)13-20-8-10-21(11-9-20)18(23)14(2)24-17-7-5-4-6-15(17)12-19/h4-7,14,16,22H,3,8-11,13H2,1-2H3/t14-,16+/m1/s1. The van der Waals surface area contributed by atoms with Crippen LogP contribution < -0.4 is 4.74 Å². The summed E-state index contributed by atoms with van der Waals surface area (Å²) in [5, 5.41) is 18.8. The molecule has 6 heteroatoms. The van der Waals surface area contributed by atoms with Crippen molar-refractivity contribution in [3.63, 3.8) is 0 Å². The molecule has 130 valence electrons. The second-order valence-corrected chi connectivity index (χ2v) is 6.06. The van der Waals surface area contributed by atoms with E-state index >= 15 is 0 Å². The molecule has 1 aliphatic heterocycles. The number of amides is 1. The number of nitrogens with zero attached hydrogens (tertiary/aromatic N) is 3. The van der Waals surface area contributed by atoms with E-state index in [-0.39, 0.29) is 12.0 Å². The van der Waals surface area contributed by atoms with Crippen molar-refractivity contribution in [3.05, 3.63) is 29.8 Å². The number of ether oxygens (including phenoxy) is 1. The normalized spacial score (nSPS) is 17.8. The number of piperazine rings is 1. The van der Waals surface area contributed by atoms with Crippen molar-refractivity contribution in [2.75, 3.05) is 32.7 Å². The highest BCUT2D eigenvalue weighted by atomic mass is 16.5. The number of aliphatic hydroxyl groups excluding tert-OH is 1. The lowest BCUT2D eigenvalue weighted by Crippen LogP contribution is -2.53. The van der Waals surface area contributed by atoms with Crippen LogP contribution in [0.3, 0.4) is 0 Å². The van der Waals surface area contributed by atoms with Crippen LogP contribution in [0.2, 0.25) is 0 Å². The molecule has 1 saturated heterocycles. The molecule has 1 aromatic rings. The van der Waals surface area contributed by atoms with E-state index in [1.54, 1.807) is 36.1 Å². The first-order chi connectivity index (χ1) is 11.5. The molecule has 1 aliphatic rings. The molecule has 0 spiro atoms. The van der Waals surface area contributed by atoms with E-state index < -0.39 is 6.10 Å². The van der Waals surface area contributed by atoms with Gasteiger partial charge in [-0.25, -0.2) is 0 Å². The third-order valence-corrected chi connectivity index (χ3v) is 4.28. The van der Waals surface area contributed by atoms with Gasteiger partial charge in [0.25, 0.3) is 5.91 Å². The van der Waals surface area contributed by atoms with Gasteiger partial charge >= 0.3 is 0 Å². The van der Waals surface area contributed by atoms with Gasteiger partial charge in [0, 0.05) is 32.7 Å². The summed E-state index contributed by atoms with van der Waals surface area (Å²) >= 11 is 0. The van der Waals surface area contributed by atoms with Crippen LogP contribution in [-0.4, -0.2) is 65.7 Å². The second kappa shape index (κ2) is 8.67. The predicted molar refractivity (Wildman–Crippen MR) is 90.6 cm³/mol. The number of aliphatic hydroxyl groups is 1. The fourth-order valence-electron chi connectivity index (χ4n) is 2.74. The fraction of sp³-hybridized carbons (Fsp3) is 0.556. The van der Waals surface area contributed by atoms with E-state index in [4.69, 9.17) is 10.00 Å². The van der Waals surface area contributed by atoms with Crippen LogP contribution in [0.15, 0.2) is 24.3 Å². The van der Waals surface area contributed by atoms with Gasteiger partial charge in [0.15, 0.2) is 6.10 Å². The molecule has 1 aromatic carbocycles. The van der Waals surface area contributed by atoms with Gasteiger partial charge in [-0.05, 0) is 25.5 Å². The van der Waals surface area contributed by atoms with Crippen molar-refractivity contribution in [2.45, 2.75) is 32.5 Å². The molecule has 0 radical (unpaired) electrons. The minimum atomic E-state index is -0.632. The summed E-state index contributed by atoms with van der Waals surface area (Å²) < 4.78 is 5.69. The summed E-state index contributed by atoms with van der Waals surface area (Å²) in [5.74, 6) is 0.365. The van der Waals surface area contributed by atoms with Gasteiger partial charge in [-0.2, -0.15) is 5.26 Å². The highest BCUT2D eigenvalue weighted by Crippen LogP contribution is 2.19. The highest BCUT2D eigenvalue weighted by molar-refractivity contribution is 5.81. The molecule has 2 rings (SSSR count). The molecule has 24 heavy (non-hydrogen) atoms. The minimum absolute atomic E-state index is 0.0709. The molecule has 0 aromatic heterocycles. The molecule has 0 aliphatic carbocycles. The van der Waals surface area contributed by atoms with Gasteiger partial charge in [0.1, 0.15) is 11.8 Å². The maximum Gasteiger partial charge on any atom is 0.263 e. The molecule has 1 fully saturated rings. The molecule has 1 amide bonds. The Morgan fingerprint density at radius 3 is 2.62 bits per heavy atom. The van der Waals surface area contributed by atoms with E-state index in [1.807, 2.05) is 6.92 Å². The first-order valence-electron chi connectivity index (χ1n) is 8.40. The van der Waals surface area contributed by atoms with E-state index in [9.17, 15) is 9.90 Å². The minimum Gasteiger partial charge on any atom is -0.480 e. The number of rotatable bonds is 6. The van der Waals surface area contributed by atoms with Gasteiger partial charge < -0.3 is 14.7 Å². The Bertz CT molecular complexity index is 591. The van der Waals surface area contributed by atoms with Gasteiger partial charge in [-0.15, -0.1) is 0 Å². The number of β-amino-alcohol motifs (C(OH)–C–C–N with tert-alkyl or cyclic N) is 1. The van der Waals surface area contributed by atoms with Crippen LogP contribution in [0.5, 0.6) is 5.75 Å². The van der Waals surface area contributed by atoms with Gasteiger partial charge in [0.05, 0.1) is 11.7 Å². The number of benzene rings is 1. The van der Waals surface area contributed by atoms with Crippen molar-refractivity contribution < 1.29 is 14.6 Å². The smallest absolute Gasteiger partial charge is 0.263 e. The van der Waals surface area contributed by atoms with Crippen molar-refractivity contribution >= 4 is 5.91 Å². The lowest BCUT2D eigenvalue weighted by atomic mass is 10.2. The Morgan fingerprint density at radius 1 is 1.33 bits per heavy atom. The average Bonchev–Trinajstić information content (AvgIpc) is 2.62. The number of hydrogen-bond acceptors (Lipinski definition) is 5. The zero-order chi connectivity index (χ0) is 17.5. The quantitative estimate of drug-likeness (QED) is 0.849. The maximum atomic E-state index is 12.5. The van der Waals surface area contributed by atoms with Crippen LogP contribution in [-0.2, 0) is 4.79 Å². The maximum absolute atomic E-state index is 12.5. The lowest BCUT2D eigenvalue weighted by molar-refractivity contribution is -0.139. The van der Waals surface area contributed by atoms with Gasteiger partial charge in [0.2, 0.25) is 0 Å². The number of hydrogen-bond donors (Lipinski definition) is 1. The molecule has 6 nitrogen and oxygen atoms in total. The first-order valence-corrected chi connectivity index (χ1v) is 8.40. The zero-order valence-electron chi connectivity index (χ0n) is 14.3. The molecule has 0 bridgehead atoms. The molecule has 1 heterocycles. The van der Waals surface area contributed by atoms with Crippen LogP contribution in [0, 0.1) is 11.3 Å². The summed E-state index contributed by atoms with van der Waals surface area (Å²) in [4.78, 5) is 16.5. The second-order valence-electron chi connectivity index (χ2n) is 6.06. The Kier molecular flexibility index (Phi) is 6.59. The van der Waals surface area contributed by atoms with E-state index in [0.717, 1.165) is 19.5 Å². The number of carbonyl (C=O) groups excluding carboxylic acids is 1. The molecule has 1 N–H and O–H groups in total. The van der Waals surface area contributed by atoms with Crippen molar-refractivity contribution in [1.29, 1.82) is 5.26 Å². The van der Waals surface area contributed by atoms with Crippen LogP contribution in [0.1, 0.15) is 25.8 Å². The molecular formula is C18H25N3O3. The first kappa shape index (κ1) is 18.2. The SMILES string of the molecule is CC[C@H](O)CN1CCN(C(=O)[C@@H](C)Oc2ccccc2C#N)CC1. The third-order valence-electron chi connectivity index (χ3n) is 4.28. The van der Waals surface area contributed by atoms with E-state index in [0.29, 0.717) is 30.9 Å². The van der Waals surface area contributed by atoms with Crippen molar-refractivity contribution in [2.24, 2.45) is 0 Å². The molecular weight excluding hydrogens is 306 g/mol.